The van der Waals surface area contributed by atoms with E-state index in [0.29, 0.717) is 35.4 Å². The van der Waals surface area contributed by atoms with Crippen molar-refractivity contribution in [3.63, 3.8) is 0 Å². The first-order valence-electron chi connectivity index (χ1n) is 8.89. The van der Waals surface area contributed by atoms with E-state index < -0.39 is 5.54 Å². The summed E-state index contributed by atoms with van der Waals surface area (Å²) in [7, 11) is 0. The van der Waals surface area contributed by atoms with E-state index in [4.69, 9.17) is 11.6 Å². The van der Waals surface area contributed by atoms with Crippen LogP contribution < -0.4 is 5.32 Å². The zero-order chi connectivity index (χ0) is 19.6. The third-order valence-electron chi connectivity index (χ3n) is 4.42. The number of aromatic amines is 1. The van der Waals surface area contributed by atoms with Crippen molar-refractivity contribution in [3.8, 4) is 11.4 Å². The Balaban J connectivity index is 0.00000210. The maximum absolute atomic E-state index is 12.7. The second kappa shape index (κ2) is 7.52. The maximum atomic E-state index is 12.7. The summed E-state index contributed by atoms with van der Waals surface area (Å²) in [6.07, 6.45) is 5.06. The number of anilines is 1. The molecule has 0 aliphatic carbocycles. The van der Waals surface area contributed by atoms with Gasteiger partial charge in [0.05, 0.1) is 5.02 Å². The van der Waals surface area contributed by atoms with Gasteiger partial charge in [0.1, 0.15) is 17.0 Å². The molecular weight excluding hydrogens is 364 g/mol. The Morgan fingerprint density at radius 1 is 1.33 bits per heavy atom. The normalized spacial score (nSPS) is 11.6. The molecule has 2 N–H and O–H groups in total. The van der Waals surface area contributed by atoms with Crippen molar-refractivity contribution in [2.24, 2.45) is 0 Å². The zero-order valence-electron chi connectivity index (χ0n) is 15.9. The number of hydrogen-bond acceptors (Lipinski definition) is 5. The Bertz CT molecular complexity index is 974. The lowest BCUT2D eigenvalue weighted by Crippen LogP contribution is -2.50. The minimum atomic E-state index is -0.789. The monoisotopic (exact) mass is 390 g/mol. The van der Waals surface area contributed by atoms with Crippen molar-refractivity contribution < 1.29 is 7.65 Å². The lowest BCUT2D eigenvalue weighted by Gasteiger charge is -2.31. The highest BCUT2D eigenvalue weighted by atomic mass is 35.5. The number of amides is 1. The van der Waals surface area contributed by atoms with Gasteiger partial charge in [0.2, 0.25) is 5.91 Å². The van der Waals surface area contributed by atoms with Crippen molar-refractivity contribution in [1.82, 2.24) is 24.8 Å². The number of hydrogen-bond donors (Lipinski definition) is 2. The lowest BCUT2D eigenvalue weighted by atomic mass is 10.0. The molecule has 3 aromatic heterocycles. The van der Waals surface area contributed by atoms with Gasteiger partial charge in [0.25, 0.3) is 0 Å². The summed E-state index contributed by atoms with van der Waals surface area (Å²) < 4.78 is 0. The molecule has 0 aromatic carbocycles. The van der Waals surface area contributed by atoms with Gasteiger partial charge in [-0.2, -0.15) is 0 Å². The topological polar surface area (TPSA) is 86.8 Å². The molecule has 0 saturated carbocycles. The molecule has 27 heavy (non-hydrogen) atoms. The number of pyridine rings is 1. The quantitative estimate of drug-likeness (QED) is 0.657. The van der Waals surface area contributed by atoms with Crippen LogP contribution in [0.2, 0.25) is 5.02 Å². The van der Waals surface area contributed by atoms with Gasteiger partial charge in [0.15, 0.2) is 5.82 Å². The fourth-order valence-electron chi connectivity index (χ4n) is 3.00. The van der Waals surface area contributed by atoms with Crippen molar-refractivity contribution in [3.05, 3.63) is 35.7 Å². The SMILES string of the molecule is CCN(CC)C(=O)C(C)(C)Nc1ccnc(-c2c[nH]c3ncc(Cl)cc23)n1.[HH].[HH]. The first kappa shape index (κ1) is 19.1. The summed E-state index contributed by atoms with van der Waals surface area (Å²) in [6, 6.07) is 3.58. The van der Waals surface area contributed by atoms with E-state index >= 15 is 0 Å². The number of halogens is 1. The molecule has 0 radical (unpaired) electrons. The average molecular weight is 391 g/mol. The molecular formula is C19H27ClN6O. The molecule has 0 saturated heterocycles. The van der Waals surface area contributed by atoms with Crippen LogP contribution in [0.5, 0.6) is 0 Å². The predicted molar refractivity (Wildman–Crippen MR) is 112 cm³/mol. The largest absolute Gasteiger partial charge is 0.356 e. The van der Waals surface area contributed by atoms with E-state index in [9.17, 15) is 4.79 Å². The maximum Gasteiger partial charge on any atom is 0.247 e. The van der Waals surface area contributed by atoms with Gasteiger partial charge in [-0.25, -0.2) is 15.0 Å². The van der Waals surface area contributed by atoms with Crippen LogP contribution >= 0.6 is 11.6 Å². The van der Waals surface area contributed by atoms with Crippen LogP contribution in [-0.4, -0.2) is 49.4 Å². The fourth-order valence-corrected chi connectivity index (χ4v) is 3.16. The average Bonchev–Trinajstić information content (AvgIpc) is 3.05. The van der Waals surface area contributed by atoms with Crippen LogP contribution in [0.3, 0.4) is 0 Å². The third kappa shape index (κ3) is 3.88. The van der Waals surface area contributed by atoms with Gasteiger partial charge in [-0.05, 0) is 39.8 Å². The molecule has 0 unspecified atom stereocenters. The summed E-state index contributed by atoms with van der Waals surface area (Å²) in [5.41, 5.74) is 0.729. The molecule has 0 aliphatic rings. The highest BCUT2D eigenvalue weighted by Gasteiger charge is 2.31. The number of nitrogens with one attached hydrogen (secondary N) is 2. The standard InChI is InChI=1S/C19H23ClN6O.2H2/c1-5-26(6-2)18(27)19(3,4)25-15-7-8-21-17(24-15)14-11-23-16-13(14)9-12(20)10-22-16;;/h7-11H,5-6H2,1-4H3,(H,22,23)(H,21,24,25);2*1H. The van der Waals surface area contributed by atoms with Crippen LogP contribution in [0.4, 0.5) is 5.82 Å². The second-order valence-electron chi connectivity index (χ2n) is 6.74. The fraction of sp³-hybridized carbons (Fsp3) is 0.368. The van der Waals surface area contributed by atoms with E-state index in [0.717, 1.165) is 10.9 Å². The molecule has 0 fully saturated rings. The molecule has 7 nitrogen and oxygen atoms in total. The first-order valence-corrected chi connectivity index (χ1v) is 9.27. The van der Waals surface area contributed by atoms with Crippen LogP contribution in [0.1, 0.15) is 30.5 Å². The predicted octanol–water partition coefficient (Wildman–Crippen LogP) is 4.22. The molecule has 3 rings (SSSR count). The van der Waals surface area contributed by atoms with E-state index in [-0.39, 0.29) is 8.76 Å². The van der Waals surface area contributed by atoms with Gasteiger partial charge in [-0.3, -0.25) is 4.79 Å². The van der Waals surface area contributed by atoms with Crippen molar-refractivity contribution in [1.29, 1.82) is 0 Å². The summed E-state index contributed by atoms with van der Waals surface area (Å²) in [6.45, 7) is 8.97. The van der Waals surface area contributed by atoms with E-state index in [1.165, 1.54) is 0 Å². The lowest BCUT2D eigenvalue weighted by molar-refractivity contribution is -0.134. The summed E-state index contributed by atoms with van der Waals surface area (Å²) in [5.74, 6) is 1.13. The Labute approximate surface area is 166 Å². The van der Waals surface area contributed by atoms with Crippen molar-refractivity contribution in [2.45, 2.75) is 33.2 Å². The van der Waals surface area contributed by atoms with E-state index in [1.54, 1.807) is 29.6 Å². The van der Waals surface area contributed by atoms with Crippen LogP contribution in [-0.2, 0) is 4.79 Å². The first-order chi connectivity index (χ1) is 12.9. The summed E-state index contributed by atoms with van der Waals surface area (Å²) in [5, 5.41) is 4.63. The molecule has 0 bridgehead atoms. The number of rotatable bonds is 6. The number of H-pyrrole nitrogens is 1. The van der Waals surface area contributed by atoms with Gasteiger partial charge in [-0.15, -0.1) is 0 Å². The van der Waals surface area contributed by atoms with Crippen molar-refractivity contribution >= 4 is 34.4 Å². The molecule has 8 heteroatoms. The van der Waals surface area contributed by atoms with E-state index in [2.05, 4.69) is 25.3 Å². The number of carbonyl (C=O) groups excluding carboxylic acids is 1. The van der Waals surface area contributed by atoms with E-state index in [1.807, 2.05) is 33.8 Å². The van der Waals surface area contributed by atoms with Gasteiger partial charge >= 0.3 is 0 Å². The molecule has 0 aliphatic heterocycles. The number of aromatic nitrogens is 4. The Hall–Kier alpha value is -2.67. The van der Waals surface area contributed by atoms with Crippen LogP contribution in [0.15, 0.2) is 30.7 Å². The molecule has 0 atom stereocenters. The van der Waals surface area contributed by atoms with Gasteiger partial charge < -0.3 is 15.2 Å². The smallest absolute Gasteiger partial charge is 0.247 e. The number of nitrogens with zero attached hydrogens (tertiary/aromatic N) is 4. The van der Waals surface area contributed by atoms with Gasteiger partial charge in [0, 0.05) is 45.5 Å². The third-order valence-corrected chi connectivity index (χ3v) is 4.63. The molecule has 3 aromatic rings. The van der Waals surface area contributed by atoms with Crippen molar-refractivity contribution in [2.75, 3.05) is 18.4 Å². The Kier molecular flexibility index (Phi) is 5.32. The number of carbonyl (C=O) groups is 1. The Morgan fingerprint density at radius 3 is 2.78 bits per heavy atom. The number of likely N-dealkylation sites (N-methyl/N-ethyl adjacent to an activating group) is 1. The molecule has 3 heterocycles. The highest BCUT2D eigenvalue weighted by molar-refractivity contribution is 6.31. The van der Waals surface area contributed by atoms with Crippen LogP contribution in [0, 0.1) is 0 Å². The van der Waals surface area contributed by atoms with Crippen LogP contribution in [0.25, 0.3) is 22.4 Å². The van der Waals surface area contributed by atoms with Gasteiger partial charge in [-0.1, -0.05) is 11.6 Å². The highest BCUT2D eigenvalue weighted by Crippen LogP contribution is 2.28. The molecule has 0 spiro atoms. The Morgan fingerprint density at radius 2 is 2.07 bits per heavy atom. The summed E-state index contributed by atoms with van der Waals surface area (Å²) >= 11 is 6.07. The minimum absolute atomic E-state index is 0. The second-order valence-corrected chi connectivity index (χ2v) is 7.18. The molecule has 146 valence electrons. The zero-order valence-corrected chi connectivity index (χ0v) is 16.6. The number of fused-ring (bicyclic) bond motifs is 1. The molecule has 1 amide bonds. The summed E-state index contributed by atoms with van der Waals surface area (Å²) in [4.78, 5) is 30.9. The minimum Gasteiger partial charge on any atom is -0.356 e.